The van der Waals surface area contributed by atoms with Gasteiger partial charge in [0, 0.05) is 31.6 Å². The van der Waals surface area contributed by atoms with E-state index in [4.69, 9.17) is 0 Å². The van der Waals surface area contributed by atoms with E-state index in [0.717, 1.165) is 12.1 Å². The maximum atomic E-state index is 11.3. The van der Waals surface area contributed by atoms with Crippen LogP contribution in [0.15, 0.2) is 30.5 Å². The SMILES string of the molecule is CS(=O)(=O)CCn1ccc2cccc(CNC3CC3)c21. The molecule has 1 aliphatic rings. The van der Waals surface area contributed by atoms with Crippen LogP contribution in [0.4, 0.5) is 0 Å². The maximum absolute atomic E-state index is 11.3. The van der Waals surface area contributed by atoms with Crippen molar-refractivity contribution in [3.8, 4) is 0 Å². The van der Waals surface area contributed by atoms with Crippen LogP contribution in [-0.4, -0.2) is 31.0 Å². The molecule has 0 spiro atoms. The fourth-order valence-corrected chi connectivity index (χ4v) is 3.00. The monoisotopic (exact) mass is 292 g/mol. The normalized spacial score (nSPS) is 15.8. The highest BCUT2D eigenvalue weighted by Gasteiger charge is 2.20. The zero-order valence-electron chi connectivity index (χ0n) is 11.7. The lowest BCUT2D eigenvalue weighted by molar-refractivity contribution is 0.595. The van der Waals surface area contributed by atoms with Gasteiger partial charge in [0.15, 0.2) is 0 Å². The quantitative estimate of drug-likeness (QED) is 0.885. The number of nitrogens with one attached hydrogen (secondary N) is 1. The first-order chi connectivity index (χ1) is 9.53. The standard InChI is InChI=1S/C15H20N2O2S/c1-20(18,19)10-9-17-8-7-12-3-2-4-13(15(12)17)11-16-14-5-6-14/h2-4,7-8,14,16H,5-6,9-11H2,1H3. The first-order valence-corrected chi connectivity index (χ1v) is 9.07. The Morgan fingerprint density at radius 3 is 2.80 bits per heavy atom. The lowest BCUT2D eigenvalue weighted by Crippen LogP contribution is -2.16. The van der Waals surface area contributed by atoms with Gasteiger partial charge in [-0.2, -0.15) is 0 Å². The van der Waals surface area contributed by atoms with Gasteiger partial charge in [0.05, 0.1) is 11.3 Å². The third-order valence-electron chi connectivity index (χ3n) is 3.73. The third-order valence-corrected chi connectivity index (χ3v) is 4.66. The van der Waals surface area contributed by atoms with E-state index in [1.807, 2.05) is 6.20 Å². The molecule has 0 unspecified atom stereocenters. The van der Waals surface area contributed by atoms with Crippen LogP contribution in [-0.2, 0) is 22.9 Å². The second kappa shape index (κ2) is 5.22. The van der Waals surface area contributed by atoms with Crippen LogP contribution in [0.2, 0.25) is 0 Å². The first kappa shape index (κ1) is 13.6. The second-order valence-corrected chi connectivity index (χ2v) is 7.91. The number of benzene rings is 1. The molecule has 2 aromatic rings. The summed E-state index contributed by atoms with van der Waals surface area (Å²) >= 11 is 0. The predicted molar refractivity (Wildman–Crippen MR) is 81.5 cm³/mol. The van der Waals surface area contributed by atoms with E-state index < -0.39 is 9.84 Å². The number of aromatic nitrogens is 1. The predicted octanol–water partition coefficient (Wildman–Crippen LogP) is 1.94. The molecule has 0 bridgehead atoms. The van der Waals surface area contributed by atoms with Gasteiger partial charge in [-0.1, -0.05) is 18.2 Å². The molecular formula is C15H20N2O2S. The van der Waals surface area contributed by atoms with Crippen molar-refractivity contribution in [1.29, 1.82) is 0 Å². The summed E-state index contributed by atoms with van der Waals surface area (Å²) in [6, 6.07) is 8.98. The van der Waals surface area contributed by atoms with Crippen LogP contribution < -0.4 is 5.32 Å². The number of hydrogen-bond donors (Lipinski definition) is 1. The highest BCUT2D eigenvalue weighted by atomic mass is 32.2. The van der Waals surface area contributed by atoms with E-state index in [0.29, 0.717) is 12.6 Å². The largest absolute Gasteiger partial charge is 0.346 e. The summed E-state index contributed by atoms with van der Waals surface area (Å²) in [6.07, 6.45) is 5.81. The molecule has 0 amide bonds. The van der Waals surface area contributed by atoms with Gasteiger partial charge >= 0.3 is 0 Å². The summed E-state index contributed by atoms with van der Waals surface area (Å²) < 4.78 is 24.7. The summed E-state index contributed by atoms with van der Waals surface area (Å²) in [5, 5.41) is 4.70. The second-order valence-electron chi connectivity index (χ2n) is 5.65. The van der Waals surface area contributed by atoms with Gasteiger partial charge in [0.2, 0.25) is 0 Å². The summed E-state index contributed by atoms with van der Waals surface area (Å²) in [5.74, 6) is 0.182. The van der Waals surface area contributed by atoms with Crippen LogP contribution in [0.1, 0.15) is 18.4 Å². The van der Waals surface area contributed by atoms with Gasteiger partial charge in [-0.15, -0.1) is 0 Å². The van der Waals surface area contributed by atoms with Crippen molar-refractivity contribution in [1.82, 2.24) is 9.88 Å². The van der Waals surface area contributed by atoms with Crippen LogP contribution in [0.5, 0.6) is 0 Å². The Morgan fingerprint density at radius 1 is 1.30 bits per heavy atom. The van der Waals surface area contributed by atoms with Gasteiger partial charge in [-0.25, -0.2) is 8.42 Å². The molecule has 1 aromatic carbocycles. The smallest absolute Gasteiger partial charge is 0.149 e. The fourth-order valence-electron chi connectivity index (χ4n) is 2.48. The number of fused-ring (bicyclic) bond motifs is 1. The minimum atomic E-state index is -2.93. The van der Waals surface area contributed by atoms with Crippen LogP contribution in [0, 0.1) is 0 Å². The van der Waals surface area contributed by atoms with E-state index in [9.17, 15) is 8.42 Å². The van der Waals surface area contributed by atoms with Gasteiger partial charge in [0.1, 0.15) is 9.84 Å². The third kappa shape index (κ3) is 3.22. The molecule has 1 aliphatic carbocycles. The molecule has 108 valence electrons. The van der Waals surface area contributed by atoms with E-state index in [1.165, 1.54) is 30.0 Å². The number of para-hydroxylation sites is 1. The maximum Gasteiger partial charge on any atom is 0.149 e. The summed E-state index contributed by atoms with van der Waals surface area (Å²) in [5.41, 5.74) is 2.40. The molecular weight excluding hydrogens is 272 g/mol. The van der Waals surface area contributed by atoms with Crippen molar-refractivity contribution in [2.45, 2.75) is 32.0 Å². The Kier molecular flexibility index (Phi) is 3.56. The van der Waals surface area contributed by atoms with Crippen molar-refractivity contribution in [3.05, 3.63) is 36.0 Å². The lowest BCUT2D eigenvalue weighted by atomic mass is 10.1. The Hall–Kier alpha value is -1.33. The van der Waals surface area contributed by atoms with Crippen molar-refractivity contribution < 1.29 is 8.42 Å². The van der Waals surface area contributed by atoms with Gasteiger partial charge in [0.25, 0.3) is 0 Å². The summed E-state index contributed by atoms with van der Waals surface area (Å²) in [7, 11) is -2.93. The molecule has 1 aromatic heterocycles. The van der Waals surface area contributed by atoms with Crippen molar-refractivity contribution in [3.63, 3.8) is 0 Å². The number of hydrogen-bond acceptors (Lipinski definition) is 3. The molecule has 0 aliphatic heterocycles. The molecule has 0 atom stereocenters. The Morgan fingerprint density at radius 2 is 2.10 bits per heavy atom. The van der Waals surface area contributed by atoms with Gasteiger partial charge in [-0.3, -0.25) is 0 Å². The number of sulfone groups is 1. The highest BCUT2D eigenvalue weighted by Crippen LogP contribution is 2.23. The van der Waals surface area contributed by atoms with Crippen molar-refractivity contribution in [2.75, 3.05) is 12.0 Å². The molecule has 1 fully saturated rings. The topological polar surface area (TPSA) is 51.1 Å². The molecule has 5 heteroatoms. The Bertz CT molecular complexity index is 715. The number of rotatable bonds is 6. The van der Waals surface area contributed by atoms with Crippen molar-refractivity contribution >= 4 is 20.7 Å². The number of aryl methyl sites for hydroxylation is 1. The molecule has 1 heterocycles. The summed E-state index contributed by atoms with van der Waals surface area (Å²) in [6.45, 7) is 1.37. The van der Waals surface area contributed by atoms with Crippen LogP contribution in [0.3, 0.4) is 0 Å². The molecule has 3 rings (SSSR count). The average molecular weight is 292 g/mol. The van der Waals surface area contributed by atoms with E-state index in [2.05, 4.69) is 34.1 Å². The zero-order chi connectivity index (χ0) is 14.2. The van der Waals surface area contributed by atoms with E-state index in [-0.39, 0.29) is 5.75 Å². The van der Waals surface area contributed by atoms with Crippen molar-refractivity contribution in [2.24, 2.45) is 0 Å². The van der Waals surface area contributed by atoms with E-state index in [1.54, 1.807) is 0 Å². The minimum Gasteiger partial charge on any atom is -0.346 e. The first-order valence-electron chi connectivity index (χ1n) is 7.01. The van der Waals surface area contributed by atoms with E-state index >= 15 is 0 Å². The molecule has 1 saturated carbocycles. The Balaban J connectivity index is 1.87. The van der Waals surface area contributed by atoms with Crippen LogP contribution >= 0.6 is 0 Å². The average Bonchev–Trinajstić information content (AvgIpc) is 3.12. The molecule has 0 radical (unpaired) electrons. The molecule has 1 N–H and O–H groups in total. The molecule has 0 saturated heterocycles. The Labute approximate surface area is 119 Å². The molecule has 20 heavy (non-hydrogen) atoms. The van der Waals surface area contributed by atoms with Gasteiger partial charge < -0.3 is 9.88 Å². The summed E-state index contributed by atoms with van der Waals surface area (Å²) in [4.78, 5) is 0. The lowest BCUT2D eigenvalue weighted by Gasteiger charge is -2.10. The highest BCUT2D eigenvalue weighted by molar-refractivity contribution is 7.90. The number of nitrogens with zero attached hydrogens (tertiary/aromatic N) is 1. The zero-order valence-corrected chi connectivity index (χ0v) is 12.5. The van der Waals surface area contributed by atoms with Crippen LogP contribution in [0.25, 0.3) is 10.9 Å². The minimum absolute atomic E-state index is 0.182. The molecule has 4 nitrogen and oxygen atoms in total. The van der Waals surface area contributed by atoms with Gasteiger partial charge in [-0.05, 0) is 29.9 Å². The fraction of sp³-hybridized carbons (Fsp3) is 0.467.